The fourth-order valence-corrected chi connectivity index (χ4v) is 4.36. The summed E-state index contributed by atoms with van der Waals surface area (Å²) in [5, 5.41) is 0. The molecule has 3 aliphatic rings. The number of rotatable bonds is 3. The van der Waals surface area contributed by atoms with Crippen molar-refractivity contribution in [3.63, 3.8) is 0 Å². The molecule has 0 spiro atoms. The third kappa shape index (κ3) is 1.67. The largest absolute Gasteiger partial charge is 0.469 e. The second-order valence-electron chi connectivity index (χ2n) is 6.10. The molecule has 0 radical (unpaired) electrons. The van der Waals surface area contributed by atoms with Crippen LogP contribution in [0.4, 0.5) is 0 Å². The molecule has 6 atom stereocenters. The van der Waals surface area contributed by atoms with Crippen LogP contribution < -0.4 is 0 Å². The molecule has 0 aromatic rings. The molecular weight excluding hydrogens is 256 g/mol. The third-order valence-corrected chi connectivity index (χ3v) is 5.17. The van der Waals surface area contributed by atoms with Crippen LogP contribution in [0, 0.1) is 29.6 Å². The van der Waals surface area contributed by atoms with Crippen molar-refractivity contribution in [2.24, 2.45) is 29.6 Å². The summed E-state index contributed by atoms with van der Waals surface area (Å²) in [4.78, 5) is 23.6. The fourth-order valence-electron chi connectivity index (χ4n) is 4.36. The molecule has 1 fully saturated rings. The van der Waals surface area contributed by atoms with E-state index in [1.807, 2.05) is 6.08 Å². The molecule has 4 heteroatoms. The van der Waals surface area contributed by atoms with Crippen LogP contribution in [0.25, 0.3) is 0 Å². The van der Waals surface area contributed by atoms with E-state index < -0.39 is 11.5 Å². The molecule has 0 N–H and O–H groups in total. The molecule has 6 unspecified atom stereocenters. The molecule has 2 bridgehead atoms. The lowest BCUT2D eigenvalue weighted by Gasteiger charge is -2.40. The van der Waals surface area contributed by atoms with Crippen molar-refractivity contribution < 1.29 is 19.1 Å². The summed E-state index contributed by atoms with van der Waals surface area (Å²) < 4.78 is 10.6. The van der Waals surface area contributed by atoms with E-state index in [4.69, 9.17) is 9.47 Å². The van der Waals surface area contributed by atoms with Crippen LogP contribution in [-0.4, -0.2) is 24.6 Å². The summed E-state index contributed by atoms with van der Waals surface area (Å²) in [5.41, 5.74) is -0.853. The Labute approximate surface area is 118 Å². The van der Waals surface area contributed by atoms with Gasteiger partial charge in [0.1, 0.15) is 5.60 Å². The van der Waals surface area contributed by atoms with Crippen molar-refractivity contribution in [3.8, 4) is 0 Å². The lowest BCUT2D eigenvalue weighted by molar-refractivity contribution is -0.173. The first-order valence-corrected chi connectivity index (χ1v) is 7.14. The molecule has 0 heterocycles. The Balaban J connectivity index is 1.99. The summed E-state index contributed by atoms with van der Waals surface area (Å²) >= 11 is 0. The molecule has 0 amide bonds. The number of hydrogen-bond donors (Lipinski definition) is 0. The Morgan fingerprint density at radius 2 is 1.95 bits per heavy atom. The van der Waals surface area contributed by atoms with Gasteiger partial charge in [-0.15, -0.1) is 0 Å². The van der Waals surface area contributed by atoms with E-state index in [1.54, 1.807) is 6.92 Å². The van der Waals surface area contributed by atoms with Gasteiger partial charge in [-0.25, -0.2) is 0 Å². The Hall–Kier alpha value is -1.58. The van der Waals surface area contributed by atoms with E-state index in [0.29, 0.717) is 17.8 Å². The summed E-state index contributed by atoms with van der Waals surface area (Å²) in [7, 11) is 1.37. The summed E-state index contributed by atoms with van der Waals surface area (Å²) in [6, 6.07) is 0. The number of hydrogen-bond acceptors (Lipinski definition) is 4. The van der Waals surface area contributed by atoms with E-state index in [0.717, 1.165) is 6.42 Å². The number of fused-ring (bicyclic) bond motifs is 5. The maximum Gasteiger partial charge on any atom is 0.312 e. The van der Waals surface area contributed by atoms with Gasteiger partial charge in [-0.2, -0.15) is 0 Å². The van der Waals surface area contributed by atoms with Crippen LogP contribution in [0.2, 0.25) is 0 Å². The predicted molar refractivity (Wildman–Crippen MR) is 72.5 cm³/mol. The summed E-state index contributed by atoms with van der Waals surface area (Å²) in [5.74, 6) is 0.262. The van der Waals surface area contributed by atoms with Gasteiger partial charge < -0.3 is 9.47 Å². The van der Waals surface area contributed by atoms with Gasteiger partial charge in [-0.1, -0.05) is 18.2 Å². The van der Waals surface area contributed by atoms with Crippen molar-refractivity contribution in [2.45, 2.75) is 25.9 Å². The number of esters is 2. The average molecular weight is 276 g/mol. The molecule has 3 rings (SSSR count). The first-order valence-electron chi connectivity index (χ1n) is 7.14. The number of carbonyl (C=O) groups excluding carboxylic acids is 2. The van der Waals surface area contributed by atoms with Crippen molar-refractivity contribution in [2.75, 3.05) is 7.11 Å². The molecule has 20 heavy (non-hydrogen) atoms. The van der Waals surface area contributed by atoms with Crippen molar-refractivity contribution in [3.05, 3.63) is 24.3 Å². The lowest BCUT2D eigenvalue weighted by Crippen LogP contribution is -2.50. The first kappa shape index (κ1) is 13.4. The quantitative estimate of drug-likeness (QED) is 0.585. The van der Waals surface area contributed by atoms with Gasteiger partial charge in [0.25, 0.3) is 0 Å². The highest BCUT2D eigenvalue weighted by molar-refractivity contribution is 5.76. The minimum atomic E-state index is -0.853. The van der Waals surface area contributed by atoms with Crippen LogP contribution >= 0.6 is 0 Å². The average Bonchev–Trinajstić information content (AvgIpc) is 3.09. The molecule has 0 saturated heterocycles. The fraction of sp³-hybridized carbons (Fsp3) is 0.625. The molecular formula is C16H20O4. The van der Waals surface area contributed by atoms with Crippen LogP contribution in [0.5, 0.6) is 0 Å². The monoisotopic (exact) mass is 276 g/mol. The van der Waals surface area contributed by atoms with Gasteiger partial charge in [0, 0.05) is 12.8 Å². The van der Waals surface area contributed by atoms with Crippen LogP contribution in [-0.2, 0) is 19.1 Å². The second-order valence-corrected chi connectivity index (χ2v) is 6.10. The Kier molecular flexibility index (Phi) is 3.00. The molecule has 0 aromatic carbocycles. The Bertz CT molecular complexity index is 507. The van der Waals surface area contributed by atoms with Gasteiger partial charge >= 0.3 is 11.9 Å². The van der Waals surface area contributed by atoms with Crippen molar-refractivity contribution >= 4 is 11.9 Å². The van der Waals surface area contributed by atoms with Gasteiger partial charge in [0.2, 0.25) is 0 Å². The highest BCUT2D eigenvalue weighted by atomic mass is 16.6. The van der Waals surface area contributed by atoms with E-state index in [-0.39, 0.29) is 17.9 Å². The minimum absolute atomic E-state index is 0.162. The summed E-state index contributed by atoms with van der Waals surface area (Å²) in [6.45, 7) is 3.19. The normalized spacial score (nSPS) is 41.5. The van der Waals surface area contributed by atoms with Crippen LogP contribution in [0.3, 0.4) is 0 Å². The first-order chi connectivity index (χ1) is 9.49. The van der Waals surface area contributed by atoms with E-state index in [9.17, 15) is 9.59 Å². The number of methoxy groups -OCH3 is 1. The van der Waals surface area contributed by atoms with Gasteiger partial charge in [-0.05, 0) is 37.2 Å². The standard InChI is InChI=1S/C16H20O4/c1-9(15(18)19-3)16(20-10(2)17)7-6-13-11-4-5-12(8-11)14(13)16/h4-7,9,11-14H,8H2,1-3H3. The predicted octanol–water partition coefficient (Wildman–Crippen LogP) is 2.11. The highest BCUT2D eigenvalue weighted by Crippen LogP contribution is 2.59. The van der Waals surface area contributed by atoms with Crippen LogP contribution in [0.1, 0.15) is 20.3 Å². The molecule has 0 aromatic heterocycles. The zero-order chi connectivity index (χ0) is 14.5. The van der Waals surface area contributed by atoms with E-state index >= 15 is 0 Å². The molecule has 0 aliphatic heterocycles. The Morgan fingerprint density at radius 1 is 1.25 bits per heavy atom. The molecule has 1 saturated carbocycles. The molecule has 4 nitrogen and oxygen atoms in total. The smallest absolute Gasteiger partial charge is 0.312 e. The second kappa shape index (κ2) is 4.47. The van der Waals surface area contributed by atoms with Crippen LogP contribution in [0.15, 0.2) is 24.3 Å². The van der Waals surface area contributed by atoms with Gasteiger partial charge in [0.05, 0.1) is 13.0 Å². The van der Waals surface area contributed by atoms with E-state index in [2.05, 4.69) is 18.2 Å². The molecule has 3 aliphatic carbocycles. The highest BCUT2D eigenvalue weighted by Gasteiger charge is 2.61. The van der Waals surface area contributed by atoms with Crippen molar-refractivity contribution in [1.82, 2.24) is 0 Å². The van der Waals surface area contributed by atoms with Gasteiger partial charge in [-0.3, -0.25) is 9.59 Å². The topological polar surface area (TPSA) is 52.6 Å². The number of allylic oxidation sites excluding steroid dienone is 3. The summed E-state index contributed by atoms with van der Waals surface area (Å²) in [6.07, 6.45) is 9.61. The maximum absolute atomic E-state index is 12.0. The van der Waals surface area contributed by atoms with Gasteiger partial charge in [0.15, 0.2) is 0 Å². The third-order valence-electron chi connectivity index (χ3n) is 5.17. The Morgan fingerprint density at radius 3 is 2.60 bits per heavy atom. The number of carbonyl (C=O) groups is 2. The zero-order valence-electron chi connectivity index (χ0n) is 12.0. The minimum Gasteiger partial charge on any atom is -0.469 e. The molecule has 108 valence electrons. The SMILES string of the molecule is COC(=O)C(C)C1(OC(C)=O)C=CC2C3C=CC(C3)C21. The van der Waals surface area contributed by atoms with E-state index in [1.165, 1.54) is 14.0 Å². The zero-order valence-corrected chi connectivity index (χ0v) is 12.0. The van der Waals surface area contributed by atoms with Crippen molar-refractivity contribution in [1.29, 1.82) is 0 Å². The maximum atomic E-state index is 12.0. The number of ether oxygens (including phenoxy) is 2. The lowest BCUT2D eigenvalue weighted by atomic mass is 9.71.